The maximum absolute atomic E-state index is 12.9. The molecule has 0 unspecified atom stereocenters. The van der Waals surface area contributed by atoms with Gasteiger partial charge in [-0.25, -0.2) is 18.1 Å². The minimum Gasteiger partial charge on any atom is -0.508 e. The Kier molecular flexibility index (Phi) is 6.64. The Morgan fingerprint density at radius 2 is 1.74 bits per heavy atom. The number of benzene rings is 2. The van der Waals surface area contributed by atoms with Gasteiger partial charge in [-0.3, -0.25) is 0 Å². The highest BCUT2D eigenvalue weighted by atomic mass is 32.2. The van der Waals surface area contributed by atoms with Crippen molar-refractivity contribution in [1.29, 1.82) is 0 Å². The van der Waals surface area contributed by atoms with Crippen molar-refractivity contribution < 1.29 is 22.7 Å². The monoisotopic (exact) mass is 510 g/mol. The molecular weight excluding hydrogens is 488 g/mol. The summed E-state index contributed by atoms with van der Waals surface area (Å²) in [6.07, 6.45) is 3.25. The fourth-order valence-corrected chi connectivity index (χ4v) is 5.75. The van der Waals surface area contributed by atoms with E-state index in [0.29, 0.717) is 42.6 Å². The predicted octanol–water partition coefficient (Wildman–Crippen LogP) is 3.65. The molecule has 35 heavy (non-hydrogen) atoms. The zero-order valence-electron chi connectivity index (χ0n) is 18.5. The third-order valence-electron chi connectivity index (χ3n) is 5.34. The van der Waals surface area contributed by atoms with Crippen molar-refractivity contribution in [2.45, 2.75) is 4.90 Å². The lowest BCUT2D eigenvalue weighted by molar-refractivity contribution is 0.0730. The van der Waals surface area contributed by atoms with Gasteiger partial charge in [0.1, 0.15) is 11.4 Å². The number of morpholine rings is 1. The highest BCUT2D eigenvalue weighted by molar-refractivity contribution is 7.89. The van der Waals surface area contributed by atoms with E-state index in [0.717, 1.165) is 11.3 Å². The van der Waals surface area contributed by atoms with Crippen molar-refractivity contribution in [3.05, 3.63) is 82.7 Å². The quantitative estimate of drug-likeness (QED) is 0.398. The number of aromatic nitrogens is 1. The summed E-state index contributed by atoms with van der Waals surface area (Å²) < 4.78 is 39.7. The molecule has 1 N–H and O–H groups in total. The van der Waals surface area contributed by atoms with Crippen LogP contribution in [0.2, 0.25) is 0 Å². The molecule has 1 fully saturated rings. The summed E-state index contributed by atoms with van der Waals surface area (Å²) >= 11 is 1.38. The Hall–Kier alpha value is -3.51. The normalized spacial score (nSPS) is 15.7. The number of furan rings is 1. The molecule has 1 aliphatic rings. The first-order valence-corrected chi connectivity index (χ1v) is 13.1. The van der Waals surface area contributed by atoms with Gasteiger partial charge in [-0.1, -0.05) is 0 Å². The van der Waals surface area contributed by atoms with E-state index in [4.69, 9.17) is 14.1 Å². The zero-order chi connectivity index (χ0) is 24.3. The largest absolute Gasteiger partial charge is 0.508 e. The second-order valence-electron chi connectivity index (χ2n) is 7.65. The van der Waals surface area contributed by atoms with Crippen molar-refractivity contribution in [2.24, 2.45) is 10.1 Å². The number of thiazole rings is 1. The first-order chi connectivity index (χ1) is 17.0. The van der Waals surface area contributed by atoms with E-state index in [9.17, 15) is 13.5 Å². The Balaban J connectivity index is 1.49. The Bertz CT molecular complexity index is 1480. The van der Waals surface area contributed by atoms with Crippen LogP contribution in [0.3, 0.4) is 0 Å². The van der Waals surface area contributed by atoms with Crippen LogP contribution < -0.4 is 4.80 Å². The molecule has 1 aliphatic heterocycles. The maximum atomic E-state index is 12.9. The van der Waals surface area contributed by atoms with E-state index >= 15 is 0 Å². The van der Waals surface area contributed by atoms with Crippen molar-refractivity contribution in [1.82, 2.24) is 8.98 Å². The number of phenolic OH excluding ortho intramolecular Hbond substituents is 1. The lowest BCUT2D eigenvalue weighted by Crippen LogP contribution is -2.40. The average Bonchev–Trinajstić information content (AvgIpc) is 3.55. The third kappa shape index (κ3) is 5.13. The molecule has 0 atom stereocenters. The van der Waals surface area contributed by atoms with Gasteiger partial charge in [-0.05, 0) is 66.2 Å². The molecule has 5 rings (SSSR count). The number of sulfonamides is 1. The van der Waals surface area contributed by atoms with Gasteiger partial charge >= 0.3 is 0 Å². The molecule has 0 amide bonds. The second-order valence-corrected chi connectivity index (χ2v) is 10.4. The van der Waals surface area contributed by atoms with E-state index in [-0.39, 0.29) is 10.6 Å². The number of hydrogen-bond acceptors (Lipinski definition) is 8. The summed E-state index contributed by atoms with van der Waals surface area (Å²) in [4.78, 5) is 5.49. The summed E-state index contributed by atoms with van der Waals surface area (Å²) in [5.74, 6) is 0.814. The van der Waals surface area contributed by atoms with Gasteiger partial charge in [0.15, 0.2) is 5.76 Å². The zero-order valence-corrected chi connectivity index (χ0v) is 20.2. The van der Waals surface area contributed by atoms with Crippen LogP contribution in [0.25, 0.3) is 11.5 Å². The first kappa shape index (κ1) is 23.2. The van der Waals surface area contributed by atoms with Crippen LogP contribution in [0.1, 0.15) is 5.56 Å². The highest BCUT2D eigenvalue weighted by Crippen LogP contribution is 2.23. The molecule has 180 valence electrons. The standard InChI is InChI=1S/C24H22N4O5S2/c29-20-7-3-18(4-8-20)16-25-28-22(23-2-1-13-33-23)17-34-24(28)26-19-5-9-21(10-6-19)35(30,31)27-11-14-32-15-12-27/h1-10,13,16-17,29H,11-12,14-15H2. The minimum atomic E-state index is -3.57. The molecule has 9 nitrogen and oxygen atoms in total. The van der Waals surface area contributed by atoms with E-state index in [1.807, 2.05) is 11.4 Å². The molecule has 11 heteroatoms. The van der Waals surface area contributed by atoms with Crippen LogP contribution in [0.4, 0.5) is 5.69 Å². The minimum absolute atomic E-state index is 0.177. The molecule has 2 aromatic carbocycles. The van der Waals surface area contributed by atoms with Crippen LogP contribution in [-0.4, -0.2) is 55.0 Å². The lowest BCUT2D eigenvalue weighted by Gasteiger charge is -2.26. The van der Waals surface area contributed by atoms with Crippen LogP contribution in [0.15, 0.2) is 91.7 Å². The number of ether oxygens (including phenoxy) is 1. The molecule has 0 bridgehead atoms. The van der Waals surface area contributed by atoms with Gasteiger partial charge in [-0.15, -0.1) is 11.3 Å². The maximum Gasteiger partial charge on any atom is 0.243 e. The summed E-state index contributed by atoms with van der Waals surface area (Å²) in [7, 11) is -3.57. The molecule has 4 aromatic rings. The Labute approximate surface area is 205 Å². The SMILES string of the molecule is O=S(=O)(c1ccc(N=c2scc(-c3ccco3)n2N=Cc2ccc(O)cc2)cc1)N1CCOCC1. The topological polar surface area (TPSA) is 110 Å². The molecule has 0 saturated carbocycles. The first-order valence-electron chi connectivity index (χ1n) is 10.8. The van der Waals surface area contributed by atoms with Gasteiger partial charge < -0.3 is 14.3 Å². The summed E-state index contributed by atoms with van der Waals surface area (Å²) in [5.41, 5.74) is 2.11. The summed E-state index contributed by atoms with van der Waals surface area (Å²) in [5, 5.41) is 16.0. The van der Waals surface area contributed by atoms with E-state index in [1.165, 1.54) is 15.6 Å². The van der Waals surface area contributed by atoms with Crippen molar-refractivity contribution in [3.8, 4) is 17.2 Å². The lowest BCUT2D eigenvalue weighted by atomic mass is 10.2. The fraction of sp³-hybridized carbons (Fsp3) is 0.167. The molecule has 3 heterocycles. The van der Waals surface area contributed by atoms with Crippen LogP contribution >= 0.6 is 11.3 Å². The van der Waals surface area contributed by atoms with Gasteiger partial charge in [0.2, 0.25) is 14.8 Å². The van der Waals surface area contributed by atoms with Crippen LogP contribution in [-0.2, 0) is 14.8 Å². The number of nitrogens with zero attached hydrogens (tertiary/aromatic N) is 4. The molecular formula is C24H22N4O5S2. The second kappa shape index (κ2) is 10.0. The van der Waals surface area contributed by atoms with Gasteiger partial charge in [0.25, 0.3) is 0 Å². The molecule has 2 aromatic heterocycles. The number of rotatable bonds is 6. The van der Waals surface area contributed by atoms with E-state index in [2.05, 4.69) is 5.10 Å². The van der Waals surface area contributed by atoms with Gasteiger partial charge in [-0.2, -0.15) is 9.41 Å². The van der Waals surface area contributed by atoms with Crippen molar-refractivity contribution in [2.75, 3.05) is 26.3 Å². The van der Waals surface area contributed by atoms with Gasteiger partial charge in [0.05, 0.1) is 36.3 Å². The van der Waals surface area contributed by atoms with E-state index in [1.54, 1.807) is 71.8 Å². The Morgan fingerprint density at radius 3 is 2.43 bits per heavy atom. The van der Waals surface area contributed by atoms with Crippen molar-refractivity contribution >= 4 is 33.3 Å². The smallest absolute Gasteiger partial charge is 0.243 e. The molecule has 0 spiro atoms. The summed E-state index contributed by atoms with van der Waals surface area (Å²) in [6, 6.07) is 16.8. The van der Waals surface area contributed by atoms with Crippen LogP contribution in [0.5, 0.6) is 5.75 Å². The molecule has 0 radical (unpaired) electrons. The third-order valence-corrected chi connectivity index (χ3v) is 8.07. The molecule has 0 aliphatic carbocycles. The summed E-state index contributed by atoms with van der Waals surface area (Å²) in [6.45, 7) is 1.48. The van der Waals surface area contributed by atoms with Crippen LogP contribution in [0, 0.1) is 0 Å². The highest BCUT2D eigenvalue weighted by Gasteiger charge is 2.26. The van der Waals surface area contributed by atoms with Crippen molar-refractivity contribution in [3.63, 3.8) is 0 Å². The fourth-order valence-electron chi connectivity index (χ4n) is 3.51. The molecule has 1 saturated heterocycles. The average molecular weight is 511 g/mol. The van der Waals surface area contributed by atoms with Gasteiger partial charge in [0, 0.05) is 18.5 Å². The predicted molar refractivity (Wildman–Crippen MR) is 132 cm³/mol. The number of aromatic hydroxyl groups is 1. The number of hydrogen-bond donors (Lipinski definition) is 1. The van der Waals surface area contributed by atoms with E-state index < -0.39 is 10.0 Å². The number of phenols is 1. The Morgan fingerprint density at radius 1 is 1.00 bits per heavy atom.